The van der Waals surface area contributed by atoms with E-state index >= 15 is 0 Å². The van der Waals surface area contributed by atoms with Gasteiger partial charge in [0.15, 0.2) is 44.0 Å². The molecule has 4 amide bonds. The lowest BCUT2D eigenvalue weighted by Gasteiger charge is -2.51. The highest BCUT2D eigenvalue weighted by molar-refractivity contribution is 5.74. The monoisotopic (exact) mass is 1320 g/mol. The van der Waals surface area contributed by atoms with Crippen LogP contribution in [0.15, 0.2) is 0 Å². The zero-order chi connectivity index (χ0) is 66.5. The molecular formula is C50H84N4O36. The molecule has 40 nitrogen and oxygen atoms in total. The van der Waals surface area contributed by atoms with Gasteiger partial charge in [-0.05, 0) is 0 Å². The number of aliphatic hydroxyl groups is 19. The van der Waals surface area contributed by atoms with Gasteiger partial charge >= 0.3 is 0 Å². The molecule has 35 atom stereocenters. The topological polar surface area (TPSA) is 621 Å². The van der Waals surface area contributed by atoms with Crippen molar-refractivity contribution < 1.29 is 178 Å². The van der Waals surface area contributed by atoms with Crippen LogP contribution in [-0.2, 0) is 80.8 Å². The summed E-state index contributed by atoms with van der Waals surface area (Å²) in [6.07, 6.45) is -62.1. The first-order valence-electron chi connectivity index (χ1n) is 28.6. The van der Waals surface area contributed by atoms with Gasteiger partial charge in [-0.2, -0.15) is 0 Å². The van der Waals surface area contributed by atoms with Crippen molar-refractivity contribution in [3.05, 3.63) is 0 Å². The van der Waals surface area contributed by atoms with Gasteiger partial charge in [-0.3, -0.25) is 19.2 Å². The Bertz CT molecular complexity index is 2310. The Balaban J connectivity index is 1.26. The molecule has 7 aliphatic rings. The van der Waals surface area contributed by atoms with Gasteiger partial charge in [0.05, 0.1) is 46.2 Å². The predicted molar refractivity (Wildman–Crippen MR) is 278 cm³/mol. The zero-order valence-electron chi connectivity index (χ0n) is 48.6. The summed E-state index contributed by atoms with van der Waals surface area (Å²) >= 11 is 0. The third kappa shape index (κ3) is 16.4. The molecule has 520 valence electrons. The SMILES string of the molecule is CC(=O)N[C@@H]1[C@@H](O)[C@H](O[C@@H]2O[C@H](CO)[C@@H](O[C@@H]3O[C@H](CO[C@H]4O[C@H](CO)[C@@H](O)[C@H](O)[C@@H]4O)[C@@H](O)[C@H](O[C@H]4O[C@H](CO)[C@@H](O[C@@H]5O[C@H](CO)[C@@H](O)[C@H](O)[C@H]5NC(C)=O)[C@H](O)[C@@H]4O[C@@H]4O[C@H](CO)[C@@H](O)[C@H](O)[C@H]4NC(C)=O)[C@@H]3O)[C@H](O)[C@H]2NC(C)=O)[C@@H](CO)O[C@H]1O. The summed E-state index contributed by atoms with van der Waals surface area (Å²) < 4.78 is 76.8. The van der Waals surface area contributed by atoms with Gasteiger partial charge in [0.2, 0.25) is 23.6 Å². The smallest absolute Gasteiger partial charge is 0.217 e. The molecule has 0 spiro atoms. The fourth-order valence-corrected chi connectivity index (χ4v) is 11.5. The second kappa shape index (κ2) is 32.4. The van der Waals surface area contributed by atoms with Gasteiger partial charge < -0.3 is 180 Å². The van der Waals surface area contributed by atoms with Crippen LogP contribution in [0, 0.1) is 0 Å². The summed E-state index contributed by atoms with van der Waals surface area (Å²) in [5.41, 5.74) is 0. The normalized spacial score (nSPS) is 47.6. The minimum absolute atomic E-state index is 0.749. The van der Waals surface area contributed by atoms with Gasteiger partial charge in [0.1, 0.15) is 171 Å². The van der Waals surface area contributed by atoms with E-state index in [9.17, 15) is 116 Å². The third-order valence-electron chi connectivity index (χ3n) is 16.1. The fraction of sp³-hybridized carbons (Fsp3) is 0.920. The van der Waals surface area contributed by atoms with E-state index in [1.165, 1.54) is 0 Å². The second-order valence-electron chi connectivity index (χ2n) is 22.5. The van der Waals surface area contributed by atoms with Crippen LogP contribution in [0.4, 0.5) is 0 Å². The second-order valence-corrected chi connectivity index (χ2v) is 22.5. The lowest BCUT2D eigenvalue weighted by atomic mass is 9.93. The number of hydrogen-bond acceptors (Lipinski definition) is 36. The van der Waals surface area contributed by atoms with Crippen molar-refractivity contribution in [2.75, 3.05) is 46.2 Å². The number of nitrogens with one attached hydrogen (secondary N) is 4. The molecule has 90 heavy (non-hydrogen) atoms. The molecule has 7 fully saturated rings. The molecule has 7 heterocycles. The van der Waals surface area contributed by atoms with Crippen molar-refractivity contribution in [3.63, 3.8) is 0 Å². The lowest BCUT2D eigenvalue weighted by molar-refractivity contribution is -0.402. The van der Waals surface area contributed by atoms with Crippen molar-refractivity contribution in [2.24, 2.45) is 0 Å². The van der Waals surface area contributed by atoms with Crippen molar-refractivity contribution in [1.82, 2.24) is 21.3 Å². The molecule has 7 saturated heterocycles. The van der Waals surface area contributed by atoms with E-state index in [-0.39, 0.29) is 0 Å². The maximum atomic E-state index is 12.8. The summed E-state index contributed by atoms with van der Waals surface area (Å²) in [4.78, 5) is 49.8. The summed E-state index contributed by atoms with van der Waals surface area (Å²) in [5, 5.41) is 218. The highest BCUT2D eigenvalue weighted by Gasteiger charge is 2.59. The average molecular weight is 1320 g/mol. The van der Waals surface area contributed by atoms with Crippen molar-refractivity contribution in [3.8, 4) is 0 Å². The Hall–Kier alpha value is -3.40. The molecule has 0 saturated carbocycles. The molecule has 0 aromatic rings. The number of carbonyl (C=O) groups excluding carboxylic acids is 4. The van der Waals surface area contributed by atoms with Crippen molar-refractivity contribution in [1.29, 1.82) is 0 Å². The van der Waals surface area contributed by atoms with Crippen LogP contribution in [0.5, 0.6) is 0 Å². The van der Waals surface area contributed by atoms with E-state index in [2.05, 4.69) is 21.3 Å². The molecule has 0 aromatic carbocycles. The lowest BCUT2D eigenvalue weighted by Crippen LogP contribution is -2.71. The first kappa shape index (κ1) is 74.0. The number of aliphatic hydroxyl groups excluding tert-OH is 19. The molecule has 40 heteroatoms. The molecule has 0 radical (unpaired) electrons. The maximum Gasteiger partial charge on any atom is 0.217 e. The van der Waals surface area contributed by atoms with E-state index in [0.29, 0.717) is 0 Å². The zero-order valence-corrected chi connectivity index (χ0v) is 48.6. The quantitative estimate of drug-likeness (QED) is 0.0452. The van der Waals surface area contributed by atoms with Gasteiger partial charge in [-0.1, -0.05) is 0 Å². The van der Waals surface area contributed by atoms with Gasteiger partial charge in [0, 0.05) is 27.7 Å². The number of hydrogen-bond donors (Lipinski definition) is 23. The molecule has 0 aliphatic carbocycles. The standard InChI is InChI=1S/C50H84N4O36/c1-12(61)51-23-33(71)39(19(8-58)79-44(23)77)86-47-26(54-15(4)64)34(72)40(20(9-59)83-47)88-49-38(76)42(30(68)22(85-49)11-78-48-36(74)35(73)29(67)18(7-57)82-48)89-50-43(90-46-25(53-14(3)63)32(70)28(66)17(6-56)81-46)37(75)41(21(10-60)84-50)87-45-24(52-13(2)62)31(69)27(65)16(5-55)80-45/h16-50,55-60,65-77H,5-11H2,1-4H3,(H,51,61)(H,52,62)(H,53,63)(H,54,64)/t16-,17-,18-,19-,20-,21-,22-,23-,24-,25-,26-,27-,28-,29-,30-,31-,32-,33-,34-,35+,36+,37+,38+,39-,40-,41-,42+,43+,44-,45+,46+,47+,48+,49+,50-/m1/s1. The summed E-state index contributed by atoms with van der Waals surface area (Å²) in [6, 6.07) is -6.94. The minimum atomic E-state index is -2.46. The first-order valence-corrected chi connectivity index (χ1v) is 28.6. The summed E-state index contributed by atoms with van der Waals surface area (Å²) in [5.74, 6) is -3.33. The van der Waals surface area contributed by atoms with E-state index < -0.39 is 285 Å². The summed E-state index contributed by atoms with van der Waals surface area (Å²) in [7, 11) is 0. The highest BCUT2D eigenvalue weighted by atomic mass is 16.8. The van der Waals surface area contributed by atoms with Crippen molar-refractivity contribution >= 4 is 23.6 Å². The molecule has 0 aromatic heterocycles. The minimum Gasteiger partial charge on any atom is -0.394 e. The molecule has 0 bridgehead atoms. The Labute approximate surface area is 510 Å². The van der Waals surface area contributed by atoms with Crippen LogP contribution in [0.1, 0.15) is 27.7 Å². The number of rotatable bonds is 23. The highest BCUT2D eigenvalue weighted by Crippen LogP contribution is 2.38. The molecule has 7 rings (SSSR count). The van der Waals surface area contributed by atoms with Crippen molar-refractivity contribution in [2.45, 2.75) is 242 Å². The molecule has 23 N–H and O–H groups in total. The molecular weight excluding hydrogens is 1230 g/mol. The Morgan fingerprint density at radius 3 is 1.06 bits per heavy atom. The van der Waals surface area contributed by atoms with E-state index in [4.69, 9.17) is 61.6 Å². The van der Waals surface area contributed by atoms with Crippen LogP contribution in [0.25, 0.3) is 0 Å². The number of carbonyl (C=O) groups is 4. The predicted octanol–water partition coefficient (Wildman–Crippen LogP) is -15.7. The molecule has 7 aliphatic heterocycles. The van der Waals surface area contributed by atoms with Crippen LogP contribution in [-0.4, -0.2) is 382 Å². The number of ether oxygens (including phenoxy) is 13. The maximum absolute atomic E-state index is 12.8. The Morgan fingerprint density at radius 2 is 0.611 bits per heavy atom. The van der Waals surface area contributed by atoms with Gasteiger partial charge in [-0.15, -0.1) is 0 Å². The Kier molecular flexibility index (Phi) is 26.6. The summed E-state index contributed by atoms with van der Waals surface area (Å²) in [6.45, 7) is -3.16. The first-order chi connectivity index (χ1) is 42.5. The number of amides is 4. The Morgan fingerprint density at radius 1 is 0.289 bits per heavy atom. The fourth-order valence-electron chi connectivity index (χ4n) is 11.5. The van der Waals surface area contributed by atoms with Crippen LogP contribution >= 0.6 is 0 Å². The van der Waals surface area contributed by atoms with Crippen LogP contribution < -0.4 is 21.3 Å². The third-order valence-corrected chi connectivity index (χ3v) is 16.1. The van der Waals surface area contributed by atoms with E-state index in [0.717, 1.165) is 27.7 Å². The van der Waals surface area contributed by atoms with E-state index in [1.807, 2.05) is 0 Å². The van der Waals surface area contributed by atoms with E-state index in [1.54, 1.807) is 0 Å². The van der Waals surface area contributed by atoms with Gasteiger partial charge in [0.25, 0.3) is 0 Å². The van der Waals surface area contributed by atoms with Crippen LogP contribution in [0.3, 0.4) is 0 Å². The largest absolute Gasteiger partial charge is 0.394 e. The van der Waals surface area contributed by atoms with Gasteiger partial charge in [-0.25, -0.2) is 0 Å². The average Bonchev–Trinajstić information content (AvgIpc) is 0.786. The molecule has 0 unspecified atom stereocenters. The van der Waals surface area contributed by atoms with Crippen LogP contribution in [0.2, 0.25) is 0 Å².